The van der Waals surface area contributed by atoms with Crippen LogP contribution in [0.15, 0.2) is 34.3 Å². The fraction of sp³-hybridized carbons (Fsp3) is 0.444. The summed E-state index contributed by atoms with van der Waals surface area (Å²) in [6, 6.07) is 4.83. The van der Waals surface area contributed by atoms with Gasteiger partial charge in [0.05, 0.1) is 12.5 Å². The Morgan fingerprint density at radius 2 is 2.29 bits per heavy atom. The summed E-state index contributed by atoms with van der Waals surface area (Å²) in [7, 11) is 0. The largest absolute Gasteiger partial charge is 0.335 e. The number of carbonyl (C=O) groups excluding carboxylic acids is 1. The van der Waals surface area contributed by atoms with Crippen LogP contribution in [0, 0.1) is 5.82 Å². The molecule has 0 fully saturated rings. The van der Waals surface area contributed by atoms with E-state index in [1.54, 1.807) is 17.8 Å². The molecule has 3 aliphatic rings. The molecule has 0 bridgehead atoms. The van der Waals surface area contributed by atoms with E-state index in [1.807, 2.05) is 23.3 Å². The summed E-state index contributed by atoms with van der Waals surface area (Å²) in [6.07, 6.45) is 2.21. The third-order valence-electron chi connectivity index (χ3n) is 4.97. The Labute approximate surface area is 145 Å². The van der Waals surface area contributed by atoms with Crippen molar-refractivity contribution in [1.82, 2.24) is 9.80 Å². The summed E-state index contributed by atoms with van der Waals surface area (Å²) in [5.74, 6) is -0.130. The van der Waals surface area contributed by atoms with E-state index in [0.717, 1.165) is 47.9 Å². The van der Waals surface area contributed by atoms with Gasteiger partial charge in [-0.15, -0.1) is 0 Å². The molecule has 0 aromatic heterocycles. The number of carbonyl (C=O) groups is 1. The predicted octanol–water partition coefficient (Wildman–Crippen LogP) is 3.31. The fourth-order valence-electron chi connectivity index (χ4n) is 3.66. The molecule has 24 heavy (non-hydrogen) atoms. The molecule has 1 atom stereocenters. The summed E-state index contributed by atoms with van der Waals surface area (Å²) < 4.78 is 13.6. The van der Waals surface area contributed by atoms with Crippen LogP contribution in [0.1, 0.15) is 36.9 Å². The van der Waals surface area contributed by atoms with Gasteiger partial charge in [-0.1, -0.05) is 17.8 Å². The van der Waals surface area contributed by atoms with E-state index in [4.69, 9.17) is 0 Å². The van der Waals surface area contributed by atoms with Crippen LogP contribution in [0.3, 0.4) is 0 Å². The molecule has 0 aliphatic carbocycles. The highest BCUT2D eigenvalue weighted by Crippen LogP contribution is 2.34. The second kappa shape index (κ2) is 6.24. The molecule has 6 heteroatoms. The highest BCUT2D eigenvalue weighted by molar-refractivity contribution is 8.16. The SMILES string of the molecule is C[C@@H]1c2cc(F)ccc2CCN1C(=O)CC1=CSC2=NCCCN12. The predicted molar refractivity (Wildman–Crippen MR) is 94.1 cm³/mol. The second-order valence-corrected chi connectivity index (χ2v) is 7.27. The molecular formula is C18H20FN3OS. The van der Waals surface area contributed by atoms with E-state index in [1.165, 1.54) is 6.07 Å². The molecule has 0 unspecified atom stereocenters. The van der Waals surface area contributed by atoms with Crippen molar-refractivity contribution in [3.05, 3.63) is 46.2 Å². The Balaban J connectivity index is 1.49. The number of halogens is 1. The zero-order valence-electron chi connectivity index (χ0n) is 13.7. The first-order valence-electron chi connectivity index (χ1n) is 8.39. The molecule has 1 aromatic rings. The number of benzene rings is 1. The van der Waals surface area contributed by atoms with Crippen LogP contribution in [0.2, 0.25) is 0 Å². The van der Waals surface area contributed by atoms with Crippen LogP contribution in [0.5, 0.6) is 0 Å². The summed E-state index contributed by atoms with van der Waals surface area (Å²) in [5, 5.41) is 3.06. The van der Waals surface area contributed by atoms with Crippen LogP contribution in [0.4, 0.5) is 4.39 Å². The van der Waals surface area contributed by atoms with Crippen LogP contribution in [-0.4, -0.2) is 40.5 Å². The van der Waals surface area contributed by atoms with Crippen molar-refractivity contribution in [3.63, 3.8) is 0 Å². The number of nitrogens with zero attached hydrogens (tertiary/aromatic N) is 3. The molecule has 4 nitrogen and oxygen atoms in total. The van der Waals surface area contributed by atoms with E-state index >= 15 is 0 Å². The lowest BCUT2D eigenvalue weighted by molar-refractivity contribution is -0.133. The maximum atomic E-state index is 13.6. The number of hydrogen-bond acceptors (Lipinski definition) is 4. The molecule has 1 aromatic carbocycles. The number of thioether (sulfide) groups is 1. The average Bonchev–Trinajstić information content (AvgIpc) is 2.99. The number of amidine groups is 1. The van der Waals surface area contributed by atoms with Gasteiger partial charge in [-0.3, -0.25) is 9.79 Å². The van der Waals surface area contributed by atoms with E-state index in [2.05, 4.69) is 9.89 Å². The lowest BCUT2D eigenvalue weighted by atomic mass is 9.93. The Bertz CT molecular complexity index is 746. The van der Waals surface area contributed by atoms with Crippen LogP contribution in [-0.2, 0) is 11.2 Å². The van der Waals surface area contributed by atoms with Crippen molar-refractivity contribution in [2.24, 2.45) is 4.99 Å². The van der Waals surface area contributed by atoms with Crippen molar-refractivity contribution in [2.45, 2.75) is 32.2 Å². The molecule has 0 saturated carbocycles. The van der Waals surface area contributed by atoms with Gasteiger partial charge in [-0.05, 0) is 48.4 Å². The van der Waals surface area contributed by atoms with Gasteiger partial charge in [0.25, 0.3) is 0 Å². The standard InChI is InChI=1S/C18H20FN3OS/c1-12-16-9-14(19)4-3-13(16)5-8-21(12)17(23)10-15-11-24-18-20-6-2-7-22(15)18/h3-4,9,11-12H,2,5-8,10H2,1H3/t12-/m1/s1. The summed E-state index contributed by atoms with van der Waals surface area (Å²) in [6.45, 7) is 4.49. The quantitative estimate of drug-likeness (QED) is 0.825. The molecule has 3 heterocycles. The van der Waals surface area contributed by atoms with Gasteiger partial charge in [-0.2, -0.15) is 0 Å². The maximum absolute atomic E-state index is 13.6. The molecule has 0 radical (unpaired) electrons. The molecular weight excluding hydrogens is 325 g/mol. The number of fused-ring (bicyclic) bond motifs is 2. The minimum Gasteiger partial charge on any atom is -0.335 e. The van der Waals surface area contributed by atoms with Crippen LogP contribution < -0.4 is 0 Å². The summed E-state index contributed by atoms with van der Waals surface area (Å²) >= 11 is 1.61. The number of aliphatic imine (C=N–C) groups is 1. The van der Waals surface area contributed by atoms with Gasteiger partial charge in [0.15, 0.2) is 5.17 Å². The first-order valence-corrected chi connectivity index (χ1v) is 9.27. The van der Waals surface area contributed by atoms with Crippen molar-refractivity contribution in [2.75, 3.05) is 19.6 Å². The van der Waals surface area contributed by atoms with Crippen molar-refractivity contribution in [1.29, 1.82) is 0 Å². The second-order valence-electron chi connectivity index (χ2n) is 6.43. The van der Waals surface area contributed by atoms with Gasteiger partial charge in [0.1, 0.15) is 5.82 Å². The fourth-order valence-corrected chi connectivity index (χ4v) is 4.61. The maximum Gasteiger partial charge on any atom is 0.229 e. The summed E-state index contributed by atoms with van der Waals surface area (Å²) in [5.41, 5.74) is 3.12. The van der Waals surface area contributed by atoms with Gasteiger partial charge < -0.3 is 9.80 Å². The molecule has 3 aliphatic heterocycles. The first kappa shape index (κ1) is 15.7. The lowest BCUT2D eigenvalue weighted by Gasteiger charge is -2.36. The van der Waals surface area contributed by atoms with E-state index in [0.29, 0.717) is 13.0 Å². The van der Waals surface area contributed by atoms with E-state index in [-0.39, 0.29) is 17.8 Å². The molecule has 0 N–H and O–H groups in total. The third-order valence-corrected chi connectivity index (χ3v) is 5.92. The van der Waals surface area contributed by atoms with E-state index in [9.17, 15) is 9.18 Å². The van der Waals surface area contributed by atoms with Crippen LogP contribution in [0.25, 0.3) is 0 Å². The third kappa shape index (κ3) is 2.73. The number of hydrogen-bond donors (Lipinski definition) is 0. The van der Waals surface area contributed by atoms with Crippen molar-refractivity contribution < 1.29 is 9.18 Å². The Morgan fingerprint density at radius 3 is 3.17 bits per heavy atom. The van der Waals surface area contributed by atoms with E-state index < -0.39 is 0 Å². The summed E-state index contributed by atoms with van der Waals surface area (Å²) in [4.78, 5) is 21.4. The Kier molecular flexibility index (Phi) is 4.08. The molecule has 1 amide bonds. The average molecular weight is 345 g/mol. The molecule has 4 rings (SSSR count). The Morgan fingerprint density at radius 1 is 1.42 bits per heavy atom. The highest BCUT2D eigenvalue weighted by atomic mass is 32.2. The monoisotopic (exact) mass is 345 g/mol. The van der Waals surface area contributed by atoms with Crippen molar-refractivity contribution >= 4 is 22.8 Å². The first-order chi connectivity index (χ1) is 11.6. The van der Waals surface area contributed by atoms with Gasteiger partial charge >= 0.3 is 0 Å². The van der Waals surface area contributed by atoms with Crippen LogP contribution >= 0.6 is 11.8 Å². The lowest BCUT2D eigenvalue weighted by Crippen LogP contribution is -2.40. The Hall–Kier alpha value is -1.82. The number of rotatable bonds is 2. The minimum absolute atomic E-state index is 0.0823. The van der Waals surface area contributed by atoms with Gasteiger partial charge in [0.2, 0.25) is 5.91 Å². The highest BCUT2D eigenvalue weighted by Gasteiger charge is 2.31. The number of amides is 1. The topological polar surface area (TPSA) is 35.9 Å². The minimum atomic E-state index is -0.237. The van der Waals surface area contributed by atoms with Gasteiger partial charge in [0, 0.05) is 25.3 Å². The smallest absolute Gasteiger partial charge is 0.229 e. The molecule has 0 saturated heterocycles. The molecule has 126 valence electrons. The molecule has 0 spiro atoms. The zero-order chi connectivity index (χ0) is 16.7. The van der Waals surface area contributed by atoms with Crippen molar-refractivity contribution in [3.8, 4) is 0 Å². The van der Waals surface area contributed by atoms with Gasteiger partial charge in [-0.25, -0.2) is 4.39 Å². The normalized spacial score (nSPS) is 22.7. The zero-order valence-corrected chi connectivity index (χ0v) is 14.5.